The van der Waals surface area contributed by atoms with Crippen LogP contribution in [0.1, 0.15) is 16.7 Å². The molecule has 0 fully saturated rings. The van der Waals surface area contributed by atoms with E-state index in [1.807, 2.05) is 55.5 Å². The summed E-state index contributed by atoms with van der Waals surface area (Å²) in [5, 5.41) is 15.2. The summed E-state index contributed by atoms with van der Waals surface area (Å²) in [7, 11) is -2.42. The largest absolute Gasteiger partial charge is 0.497 e. The first kappa shape index (κ1) is 25.5. The Morgan fingerprint density at radius 2 is 1.37 bits per heavy atom. The molecule has 8 heteroatoms. The molecule has 0 spiro atoms. The van der Waals surface area contributed by atoms with Crippen molar-refractivity contribution in [2.75, 3.05) is 24.6 Å². The van der Waals surface area contributed by atoms with Gasteiger partial charge in [-0.2, -0.15) is 0 Å². The van der Waals surface area contributed by atoms with Crippen LogP contribution in [0.25, 0.3) is 11.1 Å². The lowest BCUT2D eigenvalue weighted by Crippen LogP contribution is -2.39. The number of benzene rings is 4. The van der Waals surface area contributed by atoms with Gasteiger partial charge in [0.05, 0.1) is 24.2 Å². The van der Waals surface area contributed by atoms with Gasteiger partial charge in [-0.25, -0.2) is 8.42 Å². The van der Waals surface area contributed by atoms with Crippen molar-refractivity contribution >= 4 is 21.4 Å². The molecule has 4 aromatic carbocycles. The minimum absolute atomic E-state index is 0.131. The van der Waals surface area contributed by atoms with E-state index in [1.165, 1.54) is 4.31 Å². The van der Waals surface area contributed by atoms with E-state index in [1.54, 1.807) is 55.6 Å². The Kier molecular flexibility index (Phi) is 7.18. The molecule has 1 aliphatic carbocycles. The number of anilines is 1. The molecule has 4 aromatic rings. The molecule has 0 saturated heterocycles. The first-order valence-corrected chi connectivity index (χ1v) is 13.6. The lowest BCUT2D eigenvalue weighted by molar-refractivity contribution is 0.0456. The fraction of sp³-hybridized carbons (Fsp3) is 0.167. The van der Waals surface area contributed by atoms with E-state index in [2.05, 4.69) is 5.16 Å². The van der Waals surface area contributed by atoms with Crippen LogP contribution in [0, 0.1) is 6.92 Å². The van der Waals surface area contributed by atoms with Crippen molar-refractivity contribution in [3.63, 3.8) is 0 Å². The van der Waals surface area contributed by atoms with Crippen LogP contribution in [0.2, 0.25) is 0 Å². The number of fused-ring (bicyclic) bond motifs is 3. The van der Waals surface area contributed by atoms with Crippen LogP contribution in [0.3, 0.4) is 0 Å². The molecule has 0 bridgehead atoms. The lowest BCUT2D eigenvalue weighted by atomic mass is 10.1. The van der Waals surface area contributed by atoms with Crippen LogP contribution < -0.4 is 9.04 Å². The Morgan fingerprint density at radius 3 is 1.92 bits per heavy atom. The van der Waals surface area contributed by atoms with Crippen molar-refractivity contribution in [2.24, 2.45) is 5.16 Å². The number of hydrogen-bond acceptors (Lipinski definition) is 6. The van der Waals surface area contributed by atoms with Crippen LogP contribution >= 0.6 is 0 Å². The Bertz CT molecular complexity index is 1520. The van der Waals surface area contributed by atoms with E-state index < -0.39 is 16.1 Å². The van der Waals surface area contributed by atoms with E-state index in [-0.39, 0.29) is 18.0 Å². The highest BCUT2D eigenvalue weighted by molar-refractivity contribution is 7.92. The number of rotatable bonds is 9. The Morgan fingerprint density at radius 1 is 0.816 bits per heavy atom. The topological polar surface area (TPSA) is 88.4 Å². The smallest absolute Gasteiger partial charge is 0.264 e. The van der Waals surface area contributed by atoms with Crippen molar-refractivity contribution in [3.05, 3.63) is 114 Å². The van der Waals surface area contributed by atoms with Crippen molar-refractivity contribution in [1.29, 1.82) is 0 Å². The zero-order valence-corrected chi connectivity index (χ0v) is 21.9. The zero-order chi connectivity index (χ0) is 26.7. The van der Waals surface area contributed by atoms with Crippen molar-refractivity contribution in [1.82, 2.24) is 0 Å². The maximum Gasteiger partial charge on any atom is 0.264 e. The molecule has 1 aliphatic rings. The normalized spacial score (nSPS) is 12.9. The third kappa shape index (κ3) is 5.01. The van der Waals surface area contributed by atoms with Crippen LogP contribution in [-0.4, -0.2) is 45.6 Å². The van der Waals surface area contributed by atoms with Crippen LogP contribution in [-0.2, 0) is 14.9 Å². The Labute approximate surface area is 222 Å². The number of nitrogens with zero attached hydrogens (tertiary/aromatic N) is 2. The number of ether oxygens (including phenoxy) is 1. The van der Waals surface area contributed by atoms with Gasteiger partial charge in [0.1, 0.15) is 24.2 Å². The molecule has 0 aliphatic heterocycles. The van der Waals surface area contributed by atoms with Gasteiger partial charge in [0.25, 0.3) is 10.0 Å². The van der Waals surface area contributed by atoms with E-state index in [4.69, 9.17) is 9.57 Å². The van der Waals surface area contributed by atoms with Crippen LogP contribution in [0.5, 0.6) is 5.75 Å². The first-order chi connectivity index (χ1) is 18.4. The fourth-order valence-electron chi connectivity index (χ4n) is 4.45. The highest BCUT2D eigenvalue weighted by Crippen LogP contribution is 2.36. The summed E-state index contributed by atoms with van der Waals surface area (Å²) >= 11 is 0. The predicted molar refractivity (Wildman–Crippen MR) is 148 cm³/mol. The maximum atomic E-state index is 13.6. The van der Waals surface area contributed by atoms with E-state index in [0.29, 0.717) is 17.1 Å². The lowest BCUT2D eigenvalue weighted by Gasteiger charge is -2.26. The van der Waals surface area contributed by atoms with Crippen LogP contribution in [0.15, 0.2) is 107 Å². The maximum absolute atomic E-state index is 13.6. The van der Waals surface area contributed by atoms with E-state index in [9.17, 15) is 13.5 Å². The number of hydrogen-bond donors (Lipinski definition) is 1. The Balaban J connectivity index is 1.38. The molecule has 38 heavy (non-hydrogen) atoms. The van der Waals surface area contributed by atoms with Gasteiger partial charge in [-0.05, 0) is 54.4 Å². The average Bonchev–Trinajstić information content (AvgIpc) is 3.26. The van der Waals surface area contributed by atoms with Gasteiger partial charge >= 0.3 is 0 Å². The number of aliphatic hydroxyl groups excluding tert-OH is 1. The monoisotopic (exact) mass is 528 g/mol. The molecule has 0 amide bonds. The van der Waals surface area contributed by atoms with Gasteiger partial charge in [0.15, 0.2) is 0 Å². The number of methoxy groups -OCH3 is 1. The molecule has 7 nitrogen and oxygen atoms in total. The molecule has 0 radical (unpaired) electrons. The second-order valence-electron chi connectivity index (χ2n) is 9.03. The quantitative estimate of drug-likeness (QED) is 0.272. The minimum Gasteiger partial charge on any atom is -0.497 e. The summed E-state index contributed by atoms with van der Waals surface area (Å²) in [5.41, 5.74) is 6.07. The number of oxime groups is 1. The number of sulfonamides is 1. The third-order valence-corrected chi connectivity index (χ3v) is 8.23. The fourth-order valence-corrected chi connectivity index (χ4v) is 5.95. The summed E-state index contributed by atoms with van der Waals surface area (Å²) < 4.78 is 33.6. The second kappa shape index (κ2) is 10.7. The van der Waals surface area contributed by atoms with Gasteiger partial charge in [0, 0.05) is 11.1 Å². The molecule has 1 atom stereocenters. The summed E-state index contributed by atoms with van der Waals surface area (Å²) in [6, 6.07) is 29.1. The second-order valence-corrected chi connectivity index (χ2v) is 10.9. The molecule has 0 aromatic heterocycles. The van der Waals surface area contributed by atoms with Gasteiger partial charge in [0.2, 0.25) is 0 Å². The van der Waals surface area contributed by atoms with Crippen molar-refractivity contribution in [2.45, 2.75) is 17.9 Å². The van der Waals surface area contributed by atoms with Crippen molar-refractivity contribution < 1.29 is 23.1 Å². The SMILES string of the molecule is COc1ccc(N(C[C@H](O)CON=C2c3ccccc3-c3ccccc32)S(=O)(=O)c2ccc(C)cc2)cc1. The number of aryl methyl sites for hydroxylation is 1. The summed E-state index contributed by atoms with van der Waals surface area (Å²) in [5.74, 6) is 0.596. The zero-order valence-electron chi connectivity index (χ0n) is 21.1. The highest BCUT2D eigenvalue weighted by atomic mass is 32.2. The molecule has 194 valence electrons. The third-order valence-electron chi connectivity index (χ3n) is 6.42. The average molecular weight is 529 g/mol. The predicted octanol–water partition coefficient (Wildman–Crippen LogP) is 5.01. The number of aliphatic hydroxyl groups is 1. The van der Waals surface area contributed by atoms with E-state index in [0.717, 1.165) is 27.8 Å². The summed E-state index contributed by atoms with van der Waals surface area (Å²) in [4.78, 5) is 5.73. The van der Waals surface area contributed by atoms with Crippen LogP contribution in [0.4, 0.5) is 5.69 Å². The molecule has 0 unspecified atom stereocenters. The van der Waals surface area contributed by atoms with E-state index >= 15 is 0 Å². The summed E-state index contributed by atoms with van der Waals surface area (Å²) in [6.45, 7) is 1.48. The molecule has 0 heterocycles. The van der Waals surface area contributed by atoms with Crippen molar-refractivity contribution in [3.8, 4) is 16.9 Å². The Hall–Kier alpha value is -4.14. The molecule has 0 saturated carbocycles. The van der Waals surface area contributed by atoms with Gasteiger partial charge in [-0.1, -0.05) is 71.4 Å². The molecular weight excluding hydrogens is 500 g/mol. The summed E-state index contributed by atoms with van der Waals surface area (Å²) in [6.07, 6.45) is -1.14. The standard InChI is InChI=1S/C30H28N2O5S/c1-21-11-17-25(18-12-21)38(34,35)32(22-13-15-24(36-2)16-14-22)19-23(33)20-37-31-30-28-9-5-3-7-26(28)27-8-4-6-10-29(27)30/h3-18,23,33H,19-20H2,1-2H3/t23-/m0/s1. The molecular formula is C30H28N2O5S. The molecule has 1 N–H and O–H groups in total. The minimum atomic E-state index is -3.97. The highest BCUT2D eigenvalue weighted by Gasteiger charge is 2.28. The van der Waals surface area contributed by atoms with Gasteiger partial charge < -0.3 is 14.7 Å². The van der Waals surface area contributed by atoms with Gasteiger partial charge in [-0.3, -0.25) is 4.31 Å². The first-order valence-electron chi connectivity index (χ1n) is 12.2. The molecule has 5 rings (SSSR count). The van der Waals surface area contributed by atoms with Gasteiger partial charge in [-0.15, -0.1) is 0 Å².